The zero-order valence-corrected chi connectivity index (χ0v) is 15.5. The van der Waals surface area contributed by atoms with Gasteiger partial charge in [0.15, 0.2) is 0 Å². The van der Waals surface area contributed by atoms with Crippen LogP contribution in [0.1, 0.15) is 32.6 Å². The van der Waals surface area contributed by atoms with Crippen LogP contribution in [-0.2, 0) is 4.79 Å². The molecule has 2 atom stereocenters. The summed E-state index contributed by atoms with van der Waals surface area (Å²) in [5, 5.41) is 8.46. The first-order valence-corrected chi connectivity index (χ1v) is 9.27. The maximum absolute atomic E-state index is 12.6. The third-order valence-corrected chi connectivity index (χ3v) is 5.01. The van der Waals surface area contributed by atoms with Gasteiger partial charge < -0.3 is 21.7 Å². The molecule has 3 rings (SSSR count). The lowest BCUT2D eigenvalue weighted by molar-refractivity contribution is -0.122. The van der Waals surface area contributed by atoms with Gasteiger partial charge in [0, 0.05) is 22.6 Å². The Balaban J connectivity index is 1.55. The Kier molecular flexibility index (Phi) is 5.76. The van der Waals surface area contributed by atoms with E-state index in [9.17, 15) is 9.59 Å². The van der Waals surface area contributed by atoms with E-state index in [2.05, 4.69) is 16.0 Å². The zero-order valence-electron chi connectivity index (χ0n) is 15.5. The molecule has 0 aromatic heterocycles. The lowest BCUT2D eigenvalue weighted by Crippen LogP contribution is -2.51. The molecular weight excluding hydrogens is 340 g/mol. The molecule has 1 aliphatic carbocycles. The summed E-state index contributed by atoms with van der Waals surface area (Å²) in [6.45, 7) is 1.95. The number of urea groups is 1. The van der Waals surface area contributed by atoms with Crippen LogP contribution in [0.25, 0.3) is 0 Å². The van der Waals surface area contributed by atoms with Gasteiger partial charge in [0.05, 0.1) is 5.92 Å². The molecule has 3 amide bonds. The Morgan fingerprint density at radius 2 is 1.44 bits per heavy atom. The Morgan fingerprint density at radius 1 is 0.889 bits per heavy atom. The molecule has 6 nitrogen and oxygen atoms in total. The van der Waals surface area contributed by atoms with E-state index in [-0.39, 0.29) is 17.9 Å². The zero-order chi connectivity index (χ0) is 19.3. The van der Waals surface area contributed by atoms with Crippen molar-refractivity contribution in [3.63, 3.8) is 0 Å². The summed E-state index contributed by atoms with van der Waals surface area (Å²) in [6, 6.07) is 15.9. The molecule has 2 aromatic carbocycles. The number of nitrogens with one attached hydrogen (secondary N) is 3. The van der Waals surface area contributed by atoms with Crippen molar-refractivity contribution in [2.24, 2.45) is 11.7 Å². The highest BCUT2D eigenvalue weighted by atomic mass is 16.2. The number of rotatable bonds is 4. The summed E-state index contributed by atoms with van der Waals surface area (Å²) >= 11 is 0. The van der Waals surface area contributed by atoms with Gasteiger partial charge in [-0.05, 0) is 56.2 Å². The normalized spacial score (nSPS) is 21.9. The molecule has 0 aliphatic heterocycles. The summed E-state index contributed by atoms with van der Waals surface area (Å²) < 4.78 is 0. The Morgan fingerprint density at radius 3 is 2.04 bits per heavy atom. The van der Waals surface area contributed by atoms with Crippen LogP contribution in [-0.4, -0.2) is 17.5 Å². The van der Waals surface area contributed by atoms with Crippen LogP contribution in [0.3, 0.4) is 0 Å². The van der Waals surface area contributed by atoms with E-state index in [1.165, 1.54) is 0 Å². The Labute approximate surface area is 159 Å². The highest BCUT2D eigenvalue weighted by molar-refractivity contribution is 6.00. The van der Waals surface area contributed by atoms with Crippen LogP contribution in [0.5, 0.6) is 0 Å². The predicted molar refractivity (Wildman–Crippen MR) is 109 cm³/mol. The lowest BCUT2D eigenvalue weighted by Gasteiger charge is -2.37. The molecule has 5 N–H and O–H groups in total. The van der Waals surface area contributed by atoms with Gasteiger partial charge in [0.1, 0.15) is 0 Å². The minimum atomic E-state index is -0.459. The van der Waals surface area contributed by atoms with Gasteiger partial charge in [0.25, 0.3) is 0 Å². The molecule has 6 heteroatoms. The van der Waals surface area contributed by atoms with Crippen molar-refractivity contribution >= 4 is 29.0 Å². The van der Waals surface area contributed by atoms with Crippen molar-refractivity contribution in [3.05, 3.63) is 54.6 Å². The fourth-order valence-electron chi connectivity index (χ4n) is 3.47. The molecule has 0 bridgehead atoms. The first-order chi connectivity index (χ1) is 12.9. The molecule has 0 saturated heterocycles. The third kappa shape index (κ3) is 5.08. The second kappa shape index (κ2) is 8.22. The van der Waals surface area contributed by atoms with Crippen molar-refractivity contribution in [2.75, 3.05) is 16.0 Å². The van der Waals surface area contributed by atoms with Gasteiger partial charge in [-0.25, -0.2) is 4.79 Å². The van der Waals surface area contributed by atoms with Crippen LogP contribution < -0.4 is 21.7 Å². The van der Waals surface area contributed by atoms with Crippen LogP contribution >= 0.6 is 0 Å². The molecule has 27 heavy (non-hydrogen) atoms. The second-order valence-corrected chi connectivity index (χ2v) is 7.32. The number of hydrogen-bond acceptors (Lipinski definition) is 3. The highest BCUT2D eigenvalue weighted by Gasteiger charge is 2.37. The van der Waals surface area contributed by atoms with Gasteiger partial charge in [-0.15, -0.1) is 0 Å². The van der Waals surface area contributed by atoms with E-state index in [1.54, 1.807) is 24.3 Å². The second-order valence-electron chi connectivity index (χ2n) is 7.32. The monoisotopic (exact) mass is 366 g/mol. The van der Waals surface area contributed by atoms with E-state index in [0.29, 0.717) is 11.4 Å². The van der Waals surface area contributed by atoms with E-state index < -0.39 is 5.54 Å². The highest BCUT2D eigenvalue weighted by Crippen LogP contribution is 2.32. The number of carbonyl (C=O) groups excluding carboxylic acids is 2. The molecule has 1 aliphatic rings. The number of nitrogens with two attached hydrogens (primary N) is 1. The van der Waals surface area contributed by atoms with Crippen molar-refractivity contribution in [2.45, 2.75) is 38.1 Å². The van der Waals surface area contributed by atoms with Gasteiger partial charge in [-0.3, -0.25) is 4.79 Å². The van der Waals surface area contributed by atoms with Gasteiger partial charge in [0.2, 0.25) is 5.91 Å². The summed E-state index contributed by atoms with van der Waals surface area (Å²) in [7, 11) is 0. The van der Waals surface area contributed by atoms with Gasteiger partial charge in [-0.1, -0.05) is 31.0 Å². The van der Waals surface area contributed by atoms with Crippen LogP contribution in [0.4, 0.5) is 21.9 Å². The summed E-state index contributed by atoms with van der Waals surface area (Å²) in [5.41, 5.74) is 7.89. The number of para-hydroxylation sites is 1. The minimum Gasteiger partial charge on any atom is -0.326 e. The molecule has 0 heterocycles. The maximum Gasteiger partial charge on any atom is 0.323 e. The van der Waals surface area contributed by atoms with E-state index in [4.69, 9.17) is 5.73 Å². The standard InChI is InChI=1S/C21H26N4O2/c1-21(22)14-6-5-9-18(21)19(26)23-16-10-12-17(13-11-16)25-20(27)24-15-7-3-2-4-8-15/h2-4,7-8,10-13,18H,5-6,9,14,22H2,1H3,(H,23,26)(H2,24,25,27). The smallest absolute Gasteiger partial charge is 0.323 e. The average Bonchev–Trinajstić information content (AvgIpc) is 2.63. The molecule has 1 fully saturated rings. The molecule has 2 unspecified atom stereocenters. The molecule has 142 valence electrons. The fourth-order valence-corrected chi connectivity index (χ4v) is 3.47. The van der Waals surface area contributed by atoms with Crippen LogP contribution in [0, 0.1) is 5.92 Å². The summed E-state index contributed by atoms with van der Waals surface area (Å²) in [5.74, 6) is -0.220. The molecular formula is C21H26N4O2. The first-order valence-electron chi connectivity index (χ1n) is 9.27. The molecule has 0 spiro atoms. The topological polar surface area (TPSA) is 96.2 Å². The largest absolute Gasteiger partial charge is 0.326 e. The summed E-state index contributed by atoms with van der Waals surface area (Å²) in [6.07, 6.45) is 3.79. The fraction of sp³-hybridized carbons (Fsp3) is 0.333. The maximum atomic E-state index is 12.6. The summed E-state index contributed by atoms with van der Waals surface area (Å²) in [4.78, 5) is 24.6. The van der Waals surface area contributed by atoms with Crippen LogP contribution in [0.15, 0.2) is 54.6 Å². The first kappa shape index (κ1) is 18.9. The Bertz CT molecular complexity index is 788. The molecule has 1 saturated carbocycles. The van der Waals surface area contributed by atoms with Crippen molar-refractivity contribution in [1.82, 2.24) is 0 Å². The SMILES string of the molecule is CC1(N)CCCCC1C(=O)Nc1ccc(NC(=O)Nc2ccccc2)cc1. The number of hydrogen-bond donors (Lipinski definition) is 4. The van der Waals surface area contributed by atoms with Gasteiger partial charge >= 0.3 is 6.03 Å². The van der Waals surface area contributed by atoms with Crippen molar-refractivity contribution in [3.8, 4) is 0 Å². The number of benzene rings is 2. The quantitative estimate of drug-likeness (QED) is 0.654. The minimum absolute atomic E-state index is 0.0396. The number of amides is 3. The lowest BCUT2D eigenvalue weighted by atomic mass is 9.74. The van der Waals surface area contributed by atoms with Crippen molar-refractivity contribution in [1.29, 1.82) is 0 Å². The Hall–Kier alpha value is -2.86. The molecule has 2 aromatic rings. The number of anilines is 3. The van der Waals surface area contributed by atoms with Gasteiger partial charge in [-0.2, -0.15) is 0 Å². The number of carbonyl (C=O) groups is 2. The van der Waals surface area contributed by atoms with Crippen LogP contribution in [0.2, 0.25) is 0 Å². The van der Waals surface area contributed by atoms with E-state index in [0.717, 1.165) is 31.4 Å². The van der Waals surface area contributed by atoms with E-state index in [1.807, 2.05) is 37.3 Å². The third-order valence-electron chi connectivity index (χ3n) is 5.01. The predicted octanol–water partition coefficient (Wildman–Crippen LogP) is 4.18. The average molecular weight is 366 g/mol. The van der Waals surface area contributed by atoms with E-state index >= 15 is 0 Å². The molecule has 0 radical (unpaired) electrons. The van der Waals surface area contributed by atoms with Crippen molar-refractivity contribution < 1.29 is 9.59 Å².